The van der Waals surface area contributed by atoms with Crippen LogP contribution in [0, 0.1) is 0 Å². The van der Waals surface area contributed by atoms with E-state index < -0.39 is 21.3 Å². The van der Waals surface area contributed by atoms with Gasteiger partial charge in [0.25, 0.3) is 0 Å². The number of sulfonamides is 1. The van der Waals surface area contributed by atoms with Crippen molar-refractivity contribution >= 4 is 33.2 Å². The number of nitrogens with two attached hydrogens (primary N) is 1. The van der Waals surface area contributed by atoms with Gasteiger partial charge < -0.3 is 5.32 Å². The molecule has 2 aromatic carbocycles. The number of halogens is 1. The van der Waals surface area contributed by atoms with Crippen molar-refractivity contribution in [2.75, 3.05) is 5.32 Å². The molecule has 2 aromatic rings. The lowest BCUT2D eigenvalue weighted by Crippen LogP contribution is -2.17. The molecule has 0 aliphatic heterocycles. The minimum absolute atomic E-state index is 0.0222. The van der Waals surface area contributed by atoms with Gasteiger partial charge in [0.1, 0.15) is 5.38 Å². The van der Waals surface area contributed by atoms with Crippen LogP contribution in [-0.4, -0.2) is 14.3 Å². The van der Waals surface area contributed by atoms with Crippen molar-refractivity contribution in [3.63, 3.8) is 0 Å². The zero-order chi connectivity index (χ0) is 15.5. The molecule has 0 saturated carbocycles. The monoisotopic (exact) mass is 324 g/mol. The van der Waals surface area contributed by atoms with Gasteiger partial charge in [-0.15, -0.1) is 11.6 Å². The normalized spacial score (nSPS) is 12.7. The zero-order valence-corrected chi connectivity index (χ0v) is 12.4. The Kier molecular flexibility index (Phi) is 4.62. The highest BCUT2D eigenvalue weighted by Crippen LogP contribution is 2.22. The molecule has 5 nitrogen and oxygen atoms in total. The fraction of sp³-hybridized carbons (Fsp3) is 0.0714. The summed E-state index contributed by atoms with van der Waals surface area (Å²) in [7, 11) is -3.75. The van der Waals surface area contributed by atoms with Crippen LogP contribution in [0.5, 0.6) is 0 Å². The number of carbonyl (C=O) groups is 1. The molecule has 110 valence electrons. The van der Waals surface area contributed by atoms with Gasteiger partial charge in [0.2, 0.25) is 15.9 Å². The summed E-state index contributed by atoms with van der Waals surface area (Å²) in [5.41, 5.74) is 1.12. The quantitative estimate of drug-likeness (QED) is 0.845. The summed E-state index contributed by atoms with van der Waals surface area (Å²) in [6, 6.07) is 14.4. The summed E-state index contributed by atoms with van der Waals surface area (Å²) in [5, 5.41) is 6.78. The number of benzene rings is 2. The van der Waals surface area contributed by atoms with Gasteiger partial charge in [-0.1, -0.05) is 30.3 Å². The van der Waals surface area contributed by atoms with E-state index in [1.807, 2.05) is 6.07 Å². The fourth-order valence-electron chi connectivity index (χ4n) is 1.71. The number of nitrogens with one attached hydrogen (secondary N) is 1. The van der Waals surface area contributed by atoms with E-state index in [-0.39, 0.29) is 4.90 Å². The van der Waals surface area contributed by atoms with E-state index in [9.17, 15) is 13.2 Å². The molecule has 0 bridgehead atoms. The van der Waals surface area contributed by atoms with Crippen LogP contribution in [0.25, 0.3) is 0 Å². The van der Waals surface area contributed by atoms with Crippen molar-refractivity contribution in [1.82, 2.24) is 0 Å². The minimum Gasteiger partial charge on any atom is -0.325 e. The molecular weight excluding hydrogens is 312 g/mol. The average Bonchev–Trinajstić information content (AvgIpc) is 2.47. The second-order valence-electron chi connectivity index (χ2n) is 4.33. The highest BCUT2D eigenvalue weighted by Gasteiger charge is 2.17. The molecule has 7 heteroatoms. The van der Waals surface area contributed by atoms with E-state index in [4.69, 9.17) is 16.7 Å². The average molecular weight is 325 g/mol. The van der Waals surface area contributed by atoms with Gasteiger partial charge in [0, 0.05) is 5.69 Å². The Morgan fingerprint density at radius 2 is 1.62 bits per heavy atom. The van der Waals surface area contributed by atoms with Crippen molar-refractivity contribution in [2.45, 2.75) is 10.3 Å². The Morgan fingerprint density at radius 1 is 1.05 bits per heavy atom. The van der Waals surface area contributed by atoms with Crippen LogP contribution in [0.2, 0.25) is 0 Å². The maximum Gasteiger partial charge on any atom is 0.246 e. The Morgan fingerprint density at radius 3 is 2.14 bits per heavy atom. The summed E-state index contributed by atoms with van der Waals surface area (Å²) in [4.78, 5) is 12.0. The standard InChI is InChI=1S/C14H13ClN2O3S/c15-13(10-4-2-1-3-5-10)14(18)17-11-6-8-12(9-7-11)21(16,19)20/h1-9,13H,(H,17,18)(H2,16,19,20)/t13-/m1/s1. The molecule has 0 aliphatic rings. The topological polar surface area (TPSA) is 89.3 Å². The minimum atomic E-state index is -3.75. The van der Waals surface area contributed by atoms with Crippen LogP contribution in [0.4, 0.5) is 5.69 Å². The SMILES string of the molecule is NS(=O)(=O)c1ccc(NC(=O)[C@H](Cl)c2ccccc2)cc1. The number of hydrogen-bond acceptors (Lipinski definition) is 3. The molecule has 0 aliphatic carbocycles. The lowest BCUT2D eigenvalue weighted by molar-refractivity contribution is -0.116. The molecule has 0 heterocycles. The Labute approximate surface area is 127 Å². The lowest BCUT2D eigenvalue weighted by Gasteiger charge is -2.11. The molecule has 2 rings (SSSR count). The molecule has 21 heavy (non-hydrogen) atoms. The summed E-state index contributed by atoms with van der Waals surface area (Å²) < 4.78 is 22.3. The van der Waals surface area contributed by atoms with Crippen LogP contribution < -0.4 is 10.5 Å². The van der Waals surface area contributed by atoms with Crippen molar-refractivity contribution in [3.8, 4) is 0 Å². The fourth-order valence-corrected chi connectivity index (χ4v) is 2.42. The van der Waals surface area contributed by atoms with Gasteiger partial charge in [-0.05, 0) is 29.8 Å². The number of rotatable bonds is 4. The number of carbonyl (C=O) groups excluding carboxylic acids is 1. The number of hydrogen-bond donors (Lipinski definition) is 2. The van der Waals surface area contributed by atoms with Crippen LogP contribution in [0.1, 0.15) is 10.9 Å². The third-order valence-corrected chi connectivity index (χ3v) is 4.15. The van der Waals surface area contributed by atoms with Crippen molar-refractivity contribution in [1.29, 1.82) is 0 Å². The van der Waals surface area contributed by atoms with Crippen LogP contribution in [-0.2, 0) is 14.8 Å². The molecule has 0 radical (unpaired) electrons. The second kappa shape index (κ2) is 6.26. The summed E-state index contributed by atoms with van der Waals surface area (Å²) in [5.74, 6) is -0.397. The first-order chi connectivity index (χ1) is 9.88. The molecule has 0 fully saturated rings. The molecule has 0 saturated heterocycles. The van der Waals surface area contributed by atoms with E-state index in [2.05, 4.69) is 5.32 Å². The third-order valence-electron chi connectivity index (χ3n) is 2.77. The van der Waals surface area contributed by atoms with E-state index in [0.717, 1.165) is 0 Å². The van der Waals surface area contributed by atoms with E-state index in [1.165, 1.54) is 24.3 Å². The van der Waals surface area contributed by atoms with E-state index in [1.54, 1.807) is 24.3 Å². The highest BCUT2D eigenvalue weighted by molar-refractivity contribution is 7.89. The van der Waals surface area contributed by atoms with Crippen LogP contribution in [0.3, 0.4) is 0 Å². The molecule has 1 atom stereocenters. The number of anilines is 1. The molecule has 0 aromatic heterocycles. The van der Waals surface area contributed by atoms with Gasteiger partial charge in [0.05, 0.1) is 4.90 Å². The summed E-state index contributed by atoms with van der Waals surface area (Å²) in [6.07, 6.45) is 0. The Bertz CT molecular complexity index is 731. The first-order valence-electron chi connectivity index (χ1n) is 6.00. The van der Waals surface area contributed by atoms with Gasteiger partial charge in [-0.3, -0.25) is 4.79 Å². The van der Waals surface area contributed by atoms with Crippen LogP contribution >= 0.6 is 11.6 Å². The van der Waals surface area contributed by atoms with Crippen molar-refractivity contribution < 1.29 is 13.2 Å². The number of primary sulfonamides is 1. The first kappa shape index (κ1) is 15.5. The van der Waals surface area contributed by atoms with Crippen LogP contribution in [0.15, 0.2) is 59.5 Å². The third kappa shape index (κ3) is 4.04. The van der Waals surface area contributed by atoms with E-state index >= 15 is 0 Å². The molecule has 1 amide bonds. The van der Waals surface area contributed by atoms with E-state index in [0.29, 0.717) is 11.3 Å². The maximum atomic E-state index is 12.0. The molecule has 0 spiro atoms. The smallest absolute Gasteiger partial charge is 0.246 e. The Hall–Kier alpha value is -1.89. The zero-order valence-electron chi connectivity index (χ0n) is 10.9. The first-order valence-corrected chi connectivity index (χ1v) is 7.99. The largest absolute Gasteiger partial charge is 0.325 e. The summed E-state index contributed by atoms with van der Waals surface area (Å²) >= 11 is 6.08. The molecule has 0 unspecified atom stereocenters. The van der Waals surface area contributed by atoms with Gasteiger partial charge in [-0.25, -0.2) is 13.6 Å². The number of amides is 1. The summed E-state index contributed by atoms with van der Waals surface area (Å²) in [6.45, 7) is 0. The maximum absolute atomic E-state index is 12.0. The van der Waals surface area contributed by atoms with Gasteiger partial charge in [-0.2, -0.15) is 0 Å². The number of alkyl halides is 1. The predicted molar refractivity (Wildman–Crippen MR) is 81.5 cm³/mol. The molecule has 3 N–H and O–H groups in total. The van der Waals surface area contributed by atoms with Gasteiger partial charge >= 0.3 is 0 Å². The Balaban J connectivity index is 2.10. The molecular formula is C14H13ClN2O3S. The van der Waals surface area contributed by atoms with Gasteiger partial charge in [0.15, 0.2) is 0 Å². The lowest BCUT2D eigenvalue weighted by atomic mass is 10.1. The predicted octanol–water partition coefficient (Wildman–Crippen LogP) is 2.25. The second-order valence-corrected chi connectivity index (χ2v) is 6.33. The van der Waals surface area contributed by atoms with Crippen molar-refractivity contribution in [2.24, 2.45) is 5.14 Å². The van der Waals surface area contributed by atoms with Crippen molar-refractivity contribution in [3.05, 3.63) is 60.2 Å². The highest BCUT2D eigenvalue weighted by atomic mass is 35.5.